The van der Waals surface area contributed by atoms with Crippen molar-refractivity contribution in [3.8, 4) is 0 Å². The van der Waals surface area contributed by atoms with E-state index in [1.54, 1.807) is 0 Å². The SMILES string of the molecule is O=C(NC(=NCC1CCC(F)CC1Cl)NC1CC(C2CC(F)CC(F)C2)NN1)C1CCC(C(F)(F)F)CC1. The largest absolute Gasteiger partial charge is 0.391 e. The first-order valence-corrected chi connectivity index (χ1v) is 14.2. The first-order chi connectivity index (χ1) is 18.0. The minimum absolute atomic E-state index is 0.0715. The van der Waals surface area contributed by atoms with Gasteiger partial charge >= 0.3 is 6.18 Å². The molecule has 38 heavy (non-hydrogen) atoms. The van der Waals surface area contributed by atoms with Gasteiger partial charge in [0.15, 0.2) is 5.96 Å². The second-order valence-electron chi connectivity index (χ2n) is 11.4. The number of nitrogens with one attached hydrogen (secondary N) is 4. The highest BCUT2D eigenvalue weighted by Gasteiger charge is 2.43. The van der Waals surface area contributed by atoms with Gasteiger partial charge in [-0.05, 0) is 76.0 Å². The average Bonchev–Trinajstić information content (AvgIpc) is 3.31. The van der Waals surface area contributed by atoms with Crippen LogP contribution in [0.4, 0.5) is 26.3 Å². The maximum atomic E-state index is 13.9. The number of hydrogen-bond acceptors (Lipinski definition) is 4. The molecule has 1 aliphatic heterocycles. The van der Waals surface area contributed by atoms with Crippen LogP contribution < -0.4 is 21.5 Å². The van der Waals surface area contributed by atoms with Crippen LogP contribution in [-0.2, 0) is 4.79 Å². The van der Waals surface area contributed by atoms with Crippen LogP contribution in [0.5, 0.6) is 0 Å². The van der Waals surface area contributed by atoms with Gasteiger partial charge in [0.05, 0.1) is 12.1 Å². The monoisotopic (exact) mass is 573 g/mol. The Kier molecular flexibility index (Phi) is 10.1. The summed E-state index contributed by atoms with van der Waals surface area (Å²) in [5, 5.41) is 5.50. The van der Waals surface area contributed by atoms with E-state index in [1.807, 2.05) is 0 Å². The average molecular weight is 574 g/mol. The van der Waals surface area contributed by atoms with Gasteiger partial charge in [-0.15, -0.1) is 11.6 Å². The Labute approximate surface area is 224 Å². The molecule has 13 heteroatoms. The first-order valence-electron chi connectivity index (χ1n) is 13.7. The lowest BCUT2D eigenvalue weighted by Gasteiger charge is -2.31. The number of guanidine groups is 1. The van der Waals surface area contributed by atoms with E-state index in [-0.39, 0.29) is 87.1 Å². The fourth-order valence-electron chi connectivity index (χ4n) is 6.27. The molecule has 0 aromatic rings. The summed E-state index contributed by atoms with van der Waals surface area (Å²) >= 11 is 6.35. The highest BCUT2D eigenvalue weighted by atomic mass is 35.5. The number of halogens is 7. The number of hydrogen-bond donors (Lipinski definition) is 4. The van der Waals surface area contributed by atoms with Crippen molar-refractivity contribution in [1.29, 1.82) is 0 Å². The number of alkyl halides is 7. The lowest BCUT2D eigenvalue weighted by molar-refractivity contribution is -0.184. The predicted octanol–water partition coefficient (Wildman–Crippen LogP) is 4.83. The minimum Gasteiger partial charge on any atom is -0.339 e. The number of aliphatic imine (C=N–C) groups is 1. The maximum absolute atomic E-state index is 13.9. The second-order valence-corrected chi connectivity index (χ2v) is 12.0. The fraction of sp³-hybridized carbons (Fsp3) is 0.920. The summed E-state index contributed by atoms with van der Waals surface area (Å²) in [6.45, 7) is 0.254. The maximum Gasteiger partial charge on any atom is 0.391 e. The fourth-order valence-corrected chi connectivity index (χ4v) is 6.67. The molecule has 218 valence electrons. The van der Waals surface area contributed by atoms with Gasteiger partial charge in [0.25, 0.3) is 0 Å². The van der Waals surface area contributed by atoms with Crippen LogP contribution in [0.1, 0.15) is 70.6 Å². The van der Waals surface area contributed by atoms with Gasteiger partial charge in [0, 0.05) is 30.3 Å². The molecular formula is C25H38ClF6N5O. The minimum atomic E-state index is -4.26. The Bertz CT molecular complexity index is 817. The number of amides is 1. The quantitative estimate of drug-likeness (QED) is 0.164. The van der Waals surface area contributed by atoms with Gasteiger partial charge < -0.3 is 5.32 Å². The molecule has 4 aliphatic rings. The molecule has 1 amide bonds. The van der Waals surface area contributed by atoms with Crippen LogP contribution in [-0.4, -0.2) is 60.7 Å². The molecule has 4 N–H and O–H groups in total. The van der Waals surface area contributed by atoms with Crippen molar-refractivity contribution in [1.82, 2.24) is 21.5 Å². The number of carbonyl (C=O) groups is 1. The highest BCUT2D eigenvalue weighted by molar-refractivity contribution is 6.20. The van der Waals surface area contributed by atoms with Crippen LogP contribution >= 0.6 is 11.6 Å². The summed E-state index contributed by atoms with van der Waals surface area (Å²) in [7, 11) is 0. The van der Waals surface area contributed by atoms with Gasteiger partial charge in [-0.25, -0.2) is 18.6 Å². The molecular weight excluding hydrogens is 536 g/mol. The van der Waals surface area contributed by atoms with Crippen LogP contribution in [0, 0.1) is 23.7 Å². The molecule has 1 saturated heterocycles. The standard InChI is InChI=1S/C25H38ClF6N5O/c26-20-10-17(27)6-3-14(20)12-33-24(35-23(38)13-1-4-16(5-2-13)25(30,31)32)34-22-11-21(36-37-22)15-7-18(28)9-19(29)8-15/h13-22,36-37H,1-12H2,(H2,33,34,35,38). The topological polar surface area (TPSA) is 77.5 Å². The molecule has 7 atom stereocenters. The molecule has 7 unspecified atom stereocenters. The van der Waals surface area contributed by atoms with Crippen molar-refractivity contribution in [3.63, 3.8) is 0 Å². The summed E-state index contributed by atoms with van der Waals surface area (Å²) in [4.78, 5) is 17.5. The Morgan fingerprint density at radius 2 is 1.55 bits per heavy atom. The second kappa shape index (κ2) is 12.9. The first kappa shape index (κ1) is 29.7. The van der Waals surface area contributed by atoms with Crippen molar-refractivity contribution >= 4 is 23.5 Å². The molecule has 1 heterocycles. The molecule has 0 radical (unpaired) electrons. The summed E-state index contributed by atoms with van der Waals surface area (Å²) in [5.41, 5.74) is 6.15. The van der Waals surface area contributed by atoms with Crippen LogP contribution in [0.25, 0.3) is 0 Å². The van der Waals surface area contributed by atoms with E-state index in [0.29, 0.717) is 19.3 Å². The molecule has 0 bridgehead atoms. The zero-order valence-corrected chi connectivity index (χ0v) is 22.0. The van der Waals surface area contributed by atoms with Crippen LogP contribution in [0.3, 0.4) is 0 Å². The Hall–Kier alpha value is -1.27. The summed E-state index contributed by atoms with van der Waals surface area (Å²) in [5.74, 6) is -2.44. The van der Waals surface area contributed by atoms with E-state index in [0.717, 1.165) is 0 Å². The third kappa shape index (κ3) is 8.13. The molecule has 0 spiro atoms. The van der Waals surface area contributed by atoms with Gasteiger partial charge in [0.2, 0.25) is 5.91 Å². The highest BCUT2D eigenvalue weighted by Crippen LogP contribution is 2.39. The van der Waals surface area contributed by atoms with Gasteiger partial charge in [0.1, 0.15) is 18.5 Å². The van der Waals surface area contributed by atoms with Crippen molar-refractivity contribution in [3.05, 3.63) is 0 Å². The molecule has 4 rings (SSSR count). The summed E-state index contributed by atoms with van der Waals surface area (Å²) < 4.78 is 80.6. The molecule has 0 aromatic carbocycles. The molecule has 0 aromatic heterocycles. The van der Waals surface area contributed by atoms with Crippen molar-refractivity contribution < 1.29 is 31.1 Å². The van der Waals surface area contributed by atoms with Gasteiger partial charge in [-0.1, -0.05) is 0 Å². The van der Waals surface area contributed by atoms with Crippen LogP contribution in [0.15, 0.2) is 4.99 Å². The number of nitrogens with zero attached hydrogens (tertiary/aromatic N) is 1. The van der Waals surface area contributed by atoms with Gasteiger partial charge in [-0.3, -0.25) is 20.5 Å². The van der Waals surface area contributed by atoms with Crippen LogP contribution in [0.2, 0.25) is 0 Å². The predicted molar refractivity (Wildman–Crippen MR) is 133 cm³/mol. The van der Waals surface area contributed by atoms with E-state index in [9.17, 15) is 31.1 Å². The molecule has 3 aliphatic carbocycles. The Morgan fingerprint density at radius 1 is 0.868 bits per heavy atom. The zero-order chi connectivity index (χ0) is 27.4. The summed E-state index contributed by atoms with van der Waals surface area (Å²) in [6.07, 6.45) is -5.71. The normalized spacial score (nSPS) is 41.1. The lowest BCUT2D eigenvalue weighted by Crippen LogP contribution is -2.52. The van der Waals surface area contributed by atoms with E-state index >= 15 is 0 Å². The third-order valence-electron chi connectivity index (χ3n) is 8.57. The lowest BCUT2D eigenvalue weighted by atomic mass is 9.81. The molecule has 3 saturated carbocycles. The summed E-state index contributed by atoms with van der Waals surface area (Å²) in [6, 6.07) is -0.175. The van der Waals surface area contributed by atoms with E-state index in [4.69, 9.17) is 11.6 Å². The number of hydrazine groups is 1. The Balaban J connectivity index is 1.36. The van der Waals surface area contributed by atoms with Crippen molar-refractivity contribution in [2.24, 2.45) is 28.7 Å². The Morgan fingerprint density at radius 3 is 2.18 bits per heavy atom. The van der Waals surface area contributed by atoms with Crippen molar-refractivity contribution in [2.75, 3.05) is 6.54 Å². The number of rotatable bonds is 5. The molecule has 4 fully saturated rings. The molecule has 6 nitrogen and oxygen atoms in total. The smallest absolute Gasteiger partial charge is 0.339 e. The van der Waals surface area contributed by atoms with E-state index in [2.05, 4.69) is 26.5 Å². The van der Waals surface area contributed by atoms with Crippen molar-refractivity contribution in [2.45, 2.75) is 113 Å². The zero-order valence-electron chi connectivity index (χ0n) is 21.3. The van der Waals surface area contributed by atoms with E-state index < -0.39 is 48.6 Å². The number of carbonyl (C=O) groups excluding carboxylic acids is 1. The van der Waals surface area contributed by atoms with E-state index in [1.165, 1.54) is 0 Å². The van der Waals surface area contributed by atoms with Gasteiger partial charge in [-0.2, -0.15) is 13.2 Å². The third-order valence-corrected chi connectivity index (χ3v) is 9.11.